The lowest BCUT2D eigenvalue weighted by Gasteiger charge is -2.42. The van der Waals surface area contributed by atoms with Crippen LogP contribution in [0, 0.1) is 0 Å². The fraction of sp³-hybridized carbons (Fsp3) is 0.526. The first-order chi connectivity index (χ1) is 12.9. The number of likely N-dealkylation sites (tertiary alicyclic amines) is 1. The predicted molar refractivity (Wildman–Crippen MR) is 88.6 cm³/mol. The van der Waals surface area contributed by atoms with E-state index < -0.39 is 40.6 Å². The fourth-order valence-electron chi connectivity index (χ4n) is 3.67. The van der Waals surface area contributed by atoms with Gasteiger partial charge in [-0.25, -0.2) is 0 Å². The molecule has 0 aliphatic carbocycles. The summed E-state index contributed by atoms with van der Waals surface area (Å²) < 4.78 is 84.1. The largest absolute Gasteiger partial charge is 0.417 e. The van der Waals surface area contributed by atoms with E-state index in [1.807, 2.05) is 13.0 Å². The third kappa shape index (κ3) is 4.19. The molecule has 3 rings (SSSR count). The summed E-state index contributed by atoms with van der Waals surface area (Å²) in [6.07, 6.45) is -6.34. The lowest BCUT2D eigenvalue weighted by molar-refractivity contribution is -0.143. The van der Waals surface area contributed by atoms with Gasteiger partial charge in [-0.3, -0.25) is 4.79 Å². The molecule has 0 radical (unpaired) electrons. The van der Waals surface area contributed by atoms with Crippen molar-refractivity contribution >= 4 is 5.91 Å². The normalized spacial score (nSPS) is 20.2. The first-order valence-electron chi connectivity index (χ1n) is 8.81. The maximum atomic E-state index is 13.3. The fourth-order valence-corrected chi connectivity index (χ4v) is 3.67. The van der Waals surface area contributed by atoms with Crippen LogP contribution in [0.25, 0.3) is 0 Å². The van der Waals surface area contributed by atoms with Crippen molar-refractivity contribution in [1.29, 1.82) is 0 Å². The molecule has 28 heavy (non-hydrogen) atoms. The molecule has 1 aromatic rings. The highest BCUT2D eigenvalue weighted by molar-refractivity contribution is 5.96. The minimum Gasteiger partial charge on any atom is -0.370 e. The second-order valence-corrected chi connectivity index (χ2v) is 7.20. The number of rotatable bonds is 1. The Morgan fingerprint density at radius 3 is 2.25 bits per heavy atom. The summed E-state index contributed by atoms with van der Waals surface area (Å²) in [5.41, 5.74) is -3.14. The number of ether oxygens (including phenoxy) is 1. The van der Waals surface area contributed by atoms with Crippen LogP contribution in [0.5, 0.6) is 0 Å². The number of amides is 1. The molecular weight excluding hydrogens is 388 g/mol. The Morgan fingerprint density at radius 1 is 1.07 bits per heavy atom. The van der Waals surface area contributed by atoms with Gasteiger partial charge >= 0.3 is 12.4 Å². The summed E-state index contributed by atoms with van der Waals surface area (Å²) in [6.45, 7) is 2.86. The second-order valence-electron chi connectivity index (χ2n) is 7.20. The van der Waals surface area contributed by atoms with Crippen LogP contribution in [0.15, 0.2) is 29.8 Å². The van der Waals surface area contributed by atoms with Gasteiger partial charge in [0.25, 0.3) is 5.91 Å². The van der Waals surface area contributed by atoms with Crippen LogP contribution in [0.2, 0.25) is 0 Å². The topological polar surface area (TPSA) is 29.5 Å². The van der Waals surface area contributed by atoms with Crippen molar-refractivity contribution in [2.24, 2.45) is 0 Å². The molecule has 1 aromatic carbocycles. The standard InChI is InChI=1S/C19H19F6NO2/c1-12-4-9-28-17(11-12)5-7-26(8-6-17)16(27)14-3-2-13(18(20,21)22)10-15(14)19(23,24)25/h2-3,10-11H,4-9H2,1H3. The maximum Gasteiger partial charge on any atom is 0.417 e. The lowest BCUT2D eigenvalue weighted by Crippen LogP contribution is -2.48. The van der Waals surface area contributed by atoms with E-state index in [1.165, 1.54) is 4.90 Å². The van der Waals surface area contributed by atoms with E-state index in [-0.39, 0.29) is 19.2 Å². The van der Waals surface area contributed by atoms with Gasteiger partial charge in [-0.15, -0.1) is 0 Å². The minimum absolute atomic E-state index is 0.00494. The average molecular weight is 407 g/mol. The van der Waals surface area contributed by atoms with E-state index in [1.54, 1.807) is 0 Å². The molecule has 0 atom stereocenters. The Labute approximate surface area is 158 Å². The second kappa shape index (κ2) is 7.09. The number of hydrogen-bond donors (Lipinski definition) is 0. The van der Waals surface area contributed by atoms with E-state index >= 15 is 0 Å². The number of carbonyl (C=O) groups excluding carboxylic acids is 1. The molecule has 0 N–H and O–H groups in total. The summed E-state index contributed by atoms with van der Waals surface area (Å²) in [6, 6.07) is 1.11. The third-order valence-electron chi connectivity index (χ3n) is 5.18. The summed E-state index contributed by atoms with van der Waals surface area (Å²) in [4.78, 5) is 13.9. The Morgan fingerprint density at radius 2 is 1.71 bits per heavy atom. The number of benzene rings is 1. The van der Waals surface area contributed by atoms with Crippen LogP contribution in [0.1, 0.15) is 47.7 Å². The quantitative estimate of drug-likeness (QED) is 0.481. The van der Waals surface area contributed by atoms with E-state index in [4.69, 9.17) is 4.74 Å². The van der Waals surface area contributed by atoms with Crippen LogP contribution < -0.4 is 0 Å². The Balaban J connectivity index is 1.84. The summed E-state index contributed by atoms with van der Waals surface area (Å²) in [5, 5.41) is 0. The average Bonchev–Trinajstić information content (AvgIpc) is 2.60. The van der Waals surface area contributed by atoms with Crippen LogP contribution in [0.3, 0.4) is 0 Å². The highest BCUT2D eigenvalue weighted by Crippen LogP contribution is 2.39. The molecule has 1 saturated heterocycles. The molecule has 3 nitrogen and oxygen atoms in total. The molecule has 0 aromatic heterocycles. The highest BCUT2D eigenvalue weighted by atomic mass is 19.4. The number of carbonyl (C=O) groups is 1. The number of nitrogens with zero attached hydrogens (tertiary/aromatic N) is 1. The first kappa shape index (κ1) is 20.7. The van der Waals surface area contributed by atoms with Gasteiger partial charge in [0, 0.05) is 13.1 Å². The lowest BCUT2D eigenvalue weighted by atomic mass is 9.86. The Hall–Kier alpha value is -2.03. The van der Waals surface area contributed by atoms with Gasteiger partial charge in [-0.05, 0) is 44.4 Å². The van der Waals surface area contributed by atoms with Crippen molar-refractivity contribution in [2.45, 2.75) is 44.1 Å². The van der Waals surface area contributed by atoms with Crippen molar-refractivity contribution in [3.63, 3.8) is 0 Å². The predicted octanol–water partition coefficient (Wildman–Crippen LogP) is 5.07. The molecule has 0 unspecified atom stereocenters. The molecule has 0 saturated carbocycles. The van der Waals surface area contributed by atoms with Crippen LogP contribution in [0.4, 0.5) is 26.3 Å². The smallest absolute Gasteiger partial charge is 0.370 e. The summed E-state index contributed by atoms with van der Waals surface area (Å²) in [5.74, 6) is -0.924. The Kier molecular flexibility index (Phi) is 5.24. The number of halogens is 6. The third-order valence-corrected chi connectivity index (χ3v) is 5.18. The van der Waals surface area contributed by atoms with Crippen molar-refractivity contribution in [2.75, 3.05) is 19.7 Å². The number of piperidine rings is 1. The summed E-state index contributed by atoms with van der Waals surface area (Å²) in [7, 11) is 0. The van der Waals surface area contributed by atoms with Crippen molar-refractivity contribution in [1.82, 2.24) is 4.90 Å². The van der Waals surface area contributed by atoms with Gasteiger partial charge < -0.3 is 9.64 Å². The molecule has 0 bridgehead atoms. The number of hydrogen-bond acceptors (Lipinski definition) is 2. The molecule has 154 valence electrons. The van der Waals surface area contributed by atoms with Gasteiger partial charge in [0.15, 0.2) is 0 Å². The van der Waals surface area contributed by atoms with E-state index in [0.29, 0.717) is 31.6 Å². The van der Waals surface area contributed by atoms with Gasteiger partial charge in [0.05, 0.1) is 28.9 Å². The van der Waals surface area contributed by atoms with Gasteiger partial charge in [0.2, 0.25) is 0 Å². The number of alkyl halides is 6. The molecule has 9 heteroatoms. The Bertz CT molecular complexity index is 789. The minimum atomic E-state index is -5.07. The zero-order chi connectivity index (χ0) is 20.7. The summed E-state index contributed by atoms with van der Waals surface area (Å²) >= 11 is 0. The van der Waals surface area contributed by atoms with Crippen LogP contribution in [-0.2, 0) is 17.1 Å². The van der Waals surface area contributed by atoms with Gasteiger partial charge in [0.1, 0.15) is 0 Å². The van der Waals surface area contributed by atoms with Gasteiger partial charge in [-0.2, -0.15) is 26.3 Å². The SMILES string of the molecule is CC1=CC2(CCN(C(=O)c3ccc(C(F)(F)F)cc3C(F)(F)F)CC2)OCC1. The monoisotopic (exact) mass is 407 g/mol. The zero-order valence-electron chi connectivity index (χ0n) is 15.1. The molecule has 1 spiro atoms. The maximum absolute atomic E-state index is 13.3. The van der Waals surface area contributed by atoms with Crippen LogP contribution >= 0.6 is 0 Å². The highest BCUT2D eigenvalue weighted by Gasteiger charge is 2.42. The van der Waals surface area contributed by atoms with Crippen molar-refractivity contribution in [3.05, 3.63) is 46.5 Å². The molecule has 1 amide bonds. The molecule has 2 aliphatic heterocycles. The van der Waals surface area contributed by atoms with Crippen molar-refractivity contribution in [3.8, 4) is 0 Å². The van der Waals surface area contributed by atoms with E-state index in [0.717, 1.165) is 12.0 Å². The molecule has 1 fully saturated rings. The molecule has 2 aliphatic rings. The molecular formula is C19H19F6NO2. The van der Waals surface area contributed by atoms with Crippen LogP contribution in [-0.4, -0.2) is 36.1 Å². The zero-order valence-corrected chi connectivity index (χ0v) is 15.1. The van der Waals surface area contributed by atoms with E-state index in [9.17, 15) is 31.1 Å². The molecule has 2 heterocycles. The first-order valence-corrected chi connectivity index (χ1v) is 8.81. The van der Waals surface area contributed by atoms with E-state index in [2.05, 4.69) is 0 Å². The van der Waals surface area contributed by atoms with Gasteiger partial charge in [-0.1, -0.05) is 11.6 Å². The van der Waals surface area contributed by atoms with Crippen molar-refractivity contribution < 1.29 is 35.9 Å².